The molecule has 1 aliphatic carbocycles. The van der Waals surface area contributed by atoms with E-state index in [0.29, 0.717) is 5.56 Å². The molecule has 28 heavy (non-hydrogen) atoms. The minimum atomic E-state index is -1.71. The van der Waals surface area contributed by atoms with E-state index >= 15 is 0 Å². The predicted molar refractivity (Wildman–Crippen MR) is 101 cm³/mol. The lowest BCUT2D eigenvalue weighted by atomic mass is 9.61. The zero-order valence-corrected chi connectivity index (χ0v) is 16.8. The van der Waals surface area contributed by atoms with Gasteiger partial charge in [0.25, 0.3) is 0 Å². The fraction of sp³-hybridized carbons (Fsp3) is 0.571. The molecule has 1 aliphatic rings. The third-order valence-electron chi connectivity index (χ3n) is 4.73. The molecule has 2 N–H and O–H groups in total. The van der Waals surface area contributed by atoms with E-state index in [-0.39, 0.29) is 12.2 Å². The summed E-state index contributed by atoms with van der Waals surface area (Å²) in [7, 11) is 0. The number of carbonyl (C=O) groups excluding carboxylic acids is 3. The lowest BCUT2D eigenvalue weighted by molar-refractivity contribution is -0.176. The smallest absolute Gasteiger partial charge is 0.317 e. The largest absolute Gasteiger partial charge is 0.508 e. The van der Waals surface area contributed by atoms with Gasteiger partial charge < -0.3 is 19.7 Å². The molecule has 0 bridgehead atoms. The molecule has 0 heterocycles. The summed E-state index contributed by atoms with van der Waals surface area (Å²) in [5.74, 6) is -5.55. The summed E-state index contributed by atoms with van der Waals surface area (Å²) in [6.45, 7) is 8.06. The number of hydrogen-bond donors (Lipinski definition) is 2. The van der Waals surface area contributed by atoms with Crippen LogP contribution in [0.15, 0.2) is 24.3 Å². The zero-order valence-electron chi connectivity index (χ0n) is 16.8. The molecule has 154 valence electrons. The molecule has 4 atom stereocenters. The maximum Gasteiger partial charge on any atom is 0.317 e. The Morgan fingerprint density at radius 1 is 1.11 bits per heavy atom. The van der Waals surface area contributed by atoms with Crippen molar-refractivity contribution in [3.8, 4) is 5.75 Å². The fourth-order valence-corrected chi connectivity index (χ4v) is 3.76. The van der Waals surface area contributed by atoms with Crippen molar-refractivity contribution >= 4 is 17.7 Å². The number of benzene rings is 1. The second-order valence-electron chi connectivity index (χ2n) is 8.05. The molecular weight excluding hydrogens is 364 g/mol. The van der Waals surface area contributed by atoms with Gasteiger partial charge in [-0.2, -0.15) is 0 Å². The molecule has 1 fully saturated rings. The van der Waals surface area contributed by atoms with Crippen molar-refractivity contribution in [1.29, 1.82) is 0 Å². The van der Waals surface area contributed by atoms with Gasteiger partial charge in [0.15, 0.2) is 5.78 Å². The van der Waals surface area contributed by atoms with Crippen molar-refractivity contribution in [2.45, 2.75) is 64.8 Å². The van der Waals surface area contributed by atoms with E-state index in [1.165, 1.54) is 19.1 Å². The number of Topliss-reactive ketones (excluding diaryl/α,β-unsaturated/α-hetero) is 1. The molecule has 1 saturated carbocycles. The monoisotopic (exact) mass is 392 g/mol. The molecule has 0 amide bonds. The topological polar surface area (TPSA) is 110 Å². The van der Waals surface area contributed by atoms with Gasteiger partial charge in [-0.05, 0) is 52.3 Å². The second kappa shape index (κ2) is 8.31. The summed E-state index contributed by atoms with van der Waals surface area (Å²) in [5.41, 5.74) is -1.34. The lowest BCUT2D eigenvalue weighted by Crippen LogP contribution is -2.55. The van der Waals surface area contributed by atoms with Crippen molar-refractivity contribution in [3.05, 3.63) is 29.8 Å². The Bertz CT molecular complexity index is 743. The first-order valence-corrected chi connectivity index (χ1v) is 9.39. The predicted octanol–water partition coefficient (Wildman–Crippen LogP) is 2.34. The van der Waals surface area contributed by atoms with Gasteiger partial charge in [0.1, 0.15) is 11.7 Å². The summed E-state index contributed by atoms with van der Waals surface area (Å²) in [4.78, 5) is 38.4. The van der Waals surface area contributed by atoms with Gasteiger partial charge in [-0.25, -0.2) is 0 Å². The van der Waals surface area contributed by atoms with Crippen LogP contribution in [0.25, 0.3) is 0 Å². The second-order valence-corrected chi connectivity index (χ2v) is 8.05. The minimum Gasteiger partial charge on any atom is -0.508 e. The SMILES string of the molecule is CC(C)OC(=O)[C@H]1C(=O)C[C@@](C)(O)[C@H](C(=O)OC(C)C)[C@@H]1c1cccc(O)c1. The maximum absolute atomic E-state index is 12.9. The van der Waals surface area contributed by atoms with Gasteiger partial charge in [0.05, 0.1) is 23.7 Å². The number of ether oxygens (including phenoxy) is 2. The van der Waals surface area contributed by atoms with Gasteiger partial charge >= 0.3 is 11.9 Å². The highest BCUT2D eigenvalue weighted by molar-refractivity contribution is 6.02. The van der Waals surface area contributed by atoms with Crippen LogP contribution >= 0.6 is 0 Å². The molecule has 0 aromatic heterocycles. The summed E-state index contributed by atoms with van der Waals surface area (Å²) in [5, 5.41) is 20.8. The molecule has 7 nitrogen and oxygen atoms in total. The first-order chi connectivity index (χ1) is 12.9. The third-order valence-corrected chi connectivity index (χ3v) is 4.73. The van der Waals surface area contributed by atoms with Crippen LogP contribution < -0.4 is 0 Å². The quantitative estimate of drug-likeness (QED) is 0.584. The number of ketones is 1. The first-order valence-electron chi connectivity index (χ1n) is 9.39. The Morgan fingerprint density at radius 2 is 1.68 bits per heavy atom. The number of aromatic hydroxyl groups is 1. The van der Waals surface area contributed by atoms with Crippen LogP contribution in [0.2, 0.25) is 0 Å². The number of aliphatic hydroxyl groups is 1. The molecule has 0 unspecified atom stereocenters. The van der Waals surface area contributed by atoms with E-state index in [2.05, 4.69) is 0 Å². The van der Waals surface area contributed by atoms with Crippen LogP contribution in [0.3, 0.4) is 0 Å². The van der Waals surface area contributed by atoms with Crippen molar-refractivity contribution in [1.82, 2.24) is 0 Å². The van der Waals surface area contributed by atoms with E-state index in [0.717, 1.165) is 0 Å². The number of esters is 2. The lowest BCUT2D eigenvalue weighted by Gasteiger charge is -2.44. The van der Waals surface area contributed by atoms with Crippen LogP contribution in [0.4, 0.5) is 0 Å². The number of rotatable bonds is 5. The highest BCUT2D eigenvalue weighted by atomic mass is 16.5. The number of phenolic OH excluding ortho intramolecular Hbond substituents is 1. The average molecular weight is 392 g/mol. The van der Waals surface area contributed by atoms with Gasteiger partial charge in [0, 0.05) is 12.3 Å². The minimum absolute atomic E-state index is 0.0814. The van der Waals surface area contributed by atoms with E-state index < -0.39 is 53.3 Å². The molecule has 0 spiro atoms. The normalized spacial score (nSPS) is 27.7. The van der Waals surface area contributed by atoms with Crippen molar-refractivity contribution in [2.75, 3.05) is 0 Å². The highest BCUT2D eigenvalue weighted by Gasteiger charge is 2.57. The first kappa shape index (κ1) is 21.9. The van der Waals surface area contributed by atoms with Crippen molar-refractivity contribution in [3.63, 3.8) is 0 Å². The highest BCUT2D eigenvalue weighted by Crippen LogP contribution is 2.47. The zero-order chi connectivity index (χ0) is 21.2. The molecular formula is C21H28O7. The number of phenols is 1. The number of hydrogen-bond acceptors (Lipinski definition) is 7. The summed E-state index contributed by atoms with van der Waals surface area (Å²) >= 11 is 0. The van der Waals surface area contributed by atoms with E-state index in [1.807, 2.05) is 0 Å². The van der Waals surface area contributed by atoms with Crippen molar-refractivity contribution in [2.24, 2.45) is 11.8 Å². The molecule has 0 aliphatic heterocycles. The van der Waals surface area contributed by atoms with Crippen LogP contribution in [-0.4, -0.2) is 45.7 Å². The average Bonchev–Trinajstić information content (AvgIpc) is 2.51. The van der Waals surface area contributed by atoms with E-state index in [9.17, 15) is 24.6 Å². The van der Waals surface area contributed by atoms with Gasteiger partial charge in [-0.15, -0.1) is 0 Å². The van der Waals surface area contributed by atoms with E-state index in [4.69, 9.17) is 9.47 Å². The Labute approximate surface area is 164 Å². The maximum atomic E-state index is 12.9. The summed E-state index contributed by atoms with van der Waals surface area (Å²) in [6, 6.07) is 5.97. The number of carbonyl (C=O) groups is 3. The van der Waals surface area contributed by atoms with Crippen LogP contribution in [-0.2, 0) is 23.9 Å². The molecule has 7 heteroatoms. The summed E-state index contributed by atoms with van der Waals surface area (Å²) < 4.78 is 10.6. The summed E-state index contributed by atoms with van der Waals surface area (Å²) in [6.07, 6.45) is -1.27. The van der Waals surface area contributed by atoms with Gasteiger partial charge in [-0.3, -0.25) is 14.4 Å². The van der Waals surface area contributed by atoms with Gasteiger partial charge in [0.2, 0.25) is 0 Å². The molecule has 0 saturated heterocycles. The van der Waals surface area contributed by atoms with E-state index in [1.54, 1.807) is 39.8 Å². The fourth-order valence-electron chi connectivity index (χ4n) is 3.76. The van der Waals surface area contributed by atoms with Crippen LogP contribution in [0.5, 0.6) is 5.75 Å². The van der Waals surface area contributed by atoms with Crippen molar-refractivity contribution < 1.29 is 34.1 Å². The standard InChI is InChI=1S/C21H28O7/c1-11(2)27-19(24)17-15(23)10-21(5,26)18(20(25)28-12(3)4)16(17)13-7-6-8-14(22)9-13/h6-9,11-12,16-18,22,26H,10H2,1-5H3/t16-,17+,18+,21-/m1/s1. The third kappa shape index (κ3) is 4.70. The molecule has 0 radical (unpaired) electrons. The van der Waals surface area contributed by atoms with Crippen LogP contribution in [0, 0.1) is 11.8 Å². The molecule has 1 aromatic rings. The van der Waals surface area contributed by atoms with Crippen LogP contribution in [0.1, 0.15) is 52.5 Å². The molecule has 2 rings (SSSR count). The Hall–Kier alpha value is -2.41. The Morgan fingerprint density at radius 3 is 2.21 bits per heavy atom. The Balaban J connectivity index is 2.61. The Kier molecular flexibility index (Phi) is 6.49. The van der Waals surface area contributed by atoms with Gasteiger partial charge in [-0.1, -0.05) is 12.1 Å². The molecule has 1 aromatic carbocycles.